The van der Waals surface area contributed by atoms with E-state index in [0.29, 0.717) is 13.2 Å². The summed E-state index contributed by atoms with van der Waals surface area (Å²) in [5.41, 5.74) is 9.10. The number of aryl methyl sites for hydroxylation is 1. The molecule has 5 heteroatoms. The molecule has 1 unspecified atom stereocenters. The number of anilines is 1. The maximum absolute atomic E-state index is 10.8. The monoisotopic (exact) mass is 264 g/mol. The van der Waals surface area contributed by atoms with E-state index >= 15 is 0 Å². The number of ether oxygens (including phenoxy) is 1. The second-order valence-corrected chi connectivity index (χ2v) is 4.87. The van der Waals surface area contributed by atoms with Gasteiger partial charge in [-0.2, -0.15) is 0 Å². The van der Waals surface area contributed by atoms with Gasteiger partial charge < -0.3 is 20.5 Å². The number of carboxylic acid groups (broad SMARTS) is 1. The summed E-state index contributed by atoms with van der Waals surface area (Å²) in [6.07, 6.45) is -0.0552. The van der Waals surface area contributed by atoms with Gasteiger partial charge in [-0.05, 0) is 24.1 Å². The molecule has 5 nitrogen and oxygen atoms in total. The third-order valence-corrected chi connectivity index (χ3v) is 3.33. The van der Waals surface area contributed by atoms with Crippen LogP contribution in [0.2, 0.25) is 0 Å². The van der Waals surface area contributed by atoms with Gasteiger partial charge in [0.1, 0.15) is 0 Å². The topological polar surface area (TPSA) is 75.8 Å². The van der Waals surface area contributed by atoms with Gasteiger partial charge in [-0.25, -0.2) is 0 Å². The van der Waals surface area contributed by atoms with Gasteiger partial charge in [0.05, 0.1) is 19.6 Å². The quantitative estimate of drug-likeness (QED) is 0.857. The molecule has 1 aliphatic heterocycles. The van der Waals surface area contributed by atoms with Gasteiger partial charge in [0.15, 0.2) is 0 Å². The summed E-state index contributed by atoms with van der Waals surface area (Å²) in [5.74, 6) is -0.874. The van der Waals surface area contributed by atoms with Crippen LogP contribution in [-0.2, 0) is 9.53 Å². The Morgan fingerprint density at radius 2 is 2.16 bits per heavy atom. The van der Waals surface area contributed by atoms with Crippen molar-refractivity contribution >= 4 is 11.7 Å². The summed E-state index contributed by atoms with van der Waals surface area (Å²) >= 11 is 0. The largest absolute Gasteiger partial charge is 0.481 e. The molecular weight excluding hydrogens is 244 g/mol. The average Bonchev–Trinajstić information content (AvgIpc) is 2.38. The van der Waals surface area contributed by atoms with Crippen LogP contribution in [0, 0.1) is 6.92 Å². The molecule has 19 heavy (non-hydrogen) atoms. The number of carboxylic acids is 1. The molecule has 0 saturated carbocycles. The van der Waals surface area contributed by atoms with Gasteiger partial charge in [-0.1, -0.05) is 12.1 Å². The van der Waals surface area contributed by atoms with Crippen LogP contribution in [0.4, 0.5) is 5.69 Å². The first-order valence-electron chi connectivity index (χ1n) is 6.48. The SMILES string of the molecule is Cc1ccc(C(N)CC(=O)O)c(N2CCOCC2)c1. The van der Waals surface area contributed by atoms with Crippen molar-refractivity contribution in [1.82, 2.24) is 0 Å². The molecule has 0 spiro atoms. The van der Waals surface area contributed by atoms with Crippen molar-refractivity contribution in [3.05, 3.63) is 29.3 Å². The number of carbonyl (C=O) groups is 1. The second-order valence-electron chi connectivity index (χ2n) is 4.87. The van der Waals surface area contributed by atoms with E-state index in [2.05, 4.69) is 11.0 Å². The fourth-order valence-electron chi connectivity index (χ4n) is 2.34. The highest BCUT2D eigenvalue weighted by Crippen LogP contribution is 2.28. The van der Waals surface area contributed by atoms with E-state index < -0.39 is 12.0 Å². The number of morpholine rings is 1. The molecular formula is C14H20N2O3. The van der Waals surface area contributed by atoms with Crippen LogP contribution >= 0.6 is 0 Å². The highest BCUT2D eigenvalue weighted by Gasteiger charge is 2.20. The van der Waals surface area contributed by atoms with E-state index in [1.54, 1.807) is 0 Å². The molecule has 1 atom stereocenters. The second kappa shape index (κ2) is 6.04. The molecule has 1 aromatic carbocycles. The van der Waals surface area contributed by atoms with Crippen molar-refractivity contribution in [2.24, 2.45) is 5.73 Å². The predicted molar refractivity (Wildman–Crippen MR) is 73.4 cm³/mol. The minimum absolute atomic E-state index is 0.0552. The third-order valence-electron chi connectivity index (χ3n) is 3.33. The van der Waals surface area contributed by atoms with Crippen LogP contribution in [-0.4, -0.2) is 37.4 Å². The molecule has 0 amide bonds. The molecule has 1 aromatic rings. The lowest BCUT2D eigenvalue weighted by Crippen LogP contribution is -2.37. The van der Waals surface area contributed by atoms with Crippen molar-refractivity contribution in [1.29, 1.82) is 0 Å². The van der Waals surface area contributed by atoms with Gasteiger partial charge in [-0.3, -0.25) is 4.79 Å². The maximum atomic E-state index is 10.8. The van der Waals surface area contributed by atoms with Gasteiger partial charge in [-0.15, -0.1) is 0 Å². The Labute approximate surface area is 113 Å². The highest BCUT2D eigenvalue weighted by atomic mass is 16.5. The number of hydrogen-bond donors (Lipinski definition) is 2. The van der Waals surface area contributed by atoms with Crippen molar-refractivity contribution in [2.45, 2.75) is 19.4 Å². The van der Waals surface area contributed by atoms with E-state index in [1.807, 2.05) is 19.1 Å². The molecule has 2 rings (SSSR count). The predicted octanol–water partition coefficient (Wildman–Crippen LogP) is 1.31. The summed E-state index contributed by atoms with van der Waals surface area (Å²) in [5, 5.41) is 8.89. The summed E-state index contributed by atoms with van der Waals surface area (Å²) in [7, 11) is 0. The first-order chi connectivity index (χ1) is 9.08. The van der Waals surface area contributed by atoms with Crippen molar-refractivity contribution in [2.75, 3.05) is 31.2 Å². The zero-order chi connectivity index (χ0) is 13.8. The smallest absolute Gasteiger partial charge is 0.305 e. The summed E-state index contributed by atoms with van der Waals surface area (Å²) in [6.45, 7) is 5.05. The van der Waals surface area contributed by atoms with Crippen molar-refractivity contribution in [3.63, 3.8) is 0 Å². The van der Waals surface area contributed by atoms with Crippen LogP contribution in [0.25, 0.3) is 0 Å². The zero-order valence-corrected chi connectivity index (χ0v) is 11.1. The Morgan fingerprint density at radius 1 is 1.47 bits per heavy atom. The molecule has 0 aromatic heterocycles. The standard InChI is InChI=1S/C14H20N2O3/c1-10-2-3-11(12(15)9-14(17)18)13(8-10)16-4-6-19-7-5-16/h2-3,8,12H,4-7,9,15H2,1H3,(H,17,18). The Morgan fingerprint density at radius 3 is 2.79 bits per heavy atom. The number of rotatable bonds is 4. The molecule has 1 fully saturated rings. The summed E-state index contributed by atoms with van der Waals surface area (Å²) in [4.78, 5) is 13.0. The molecule has 0 bridgehead atoms. The molecule has 0 aliphatic carbocycles. The van der Waals surface area contributed by atoms with E-state index in [-0.39, 0.29) is 6.42 Å². The fraction of sp³-hybridized carbons (Fsp3) is 0.500. The lowest BCUT2D eigenvalue weighted by molar-refractivity contribution is -0.137. The van der Waals surface area contributed by atoms with Gasteiger partial charge in [0.2, 0.25) is 0 Å². The van der Waals surface area contributed by atoms with E-state index in [0.717, 1.165) is 29.9 Å². The Kier molecular flexibility index (Phi) is 4.39. The Bertz CT molecular complexity index is 456. The first-order valence-corrected chi connectivity index (χ1v) is 6.48. The van der Waals surface area contributed by atoms with Gasteiger partial charge in [0.25, 0.3) is 0 Å². The number of nitrogens with zero attached hydrogens (tertiary/aromatic N) is 1. The number of aliphatic carboxylic acids is 1. The Hall–Kier alpha value is -1.59. The van der Waals surface area contributed by atoms with Gasteiger partial charge in [0, 0.05) is 24.8 Å². The van der Waals surface area contributed by atoms with Crippen molar-refractivity contribution in [3.8, 4) is 0 Å². The summed E-state index contributed by atoms with van der Waals surface area (Å²) < 4.78 is 5.35. The zero-order valence-electron chi connectivity index (χ0n) is 11.1. The van der Waals surface area contributed by atoms with E-state index in [1.165, 1.54) is 0 Å². The fourth-order valence-corrected chi connectivity index (χ4v) is 2.34. The third kappa shape index (κ3) is 3.45. The van der Waals surface area contributed by atoms with E-state index in [9.17, 15) is 4.79 Å². The van der Waals surface area contributed by atoms with Gasteiger partial charge >= 0.3 is 5.97 Å². The Balaban J connectivity index is 2.28. The lowest BCUT2D eigenvalue weighted by Gasteiger charge is -2.32. The van der Waals surface area contributed by atoms with Crippen LogP contribution in [0.15, 0.2) is 18.2 Å². The van der Waals surface area contributed by atoms with Crippen LogP contribution < -0.4 is 10.6 Å². The number of hydrogen-bond acceptors (Lipinski definition) is 4. The van der Waals surface area contributed by atoms with Crippen LogP contribution in [0.1, 0.15) is 23.6 Å². The lowest BCUT2D eigenvalue weighted by atomic mass is 9.99. The maximum Gasteiger partial charge on any atom is 0.305 e. The number of nitrogens with two attached hydrogens (primary N) is 1. The first kappa shape index (κ1) is 13.8. The molecule has 1 heterocycles. The molecule has 1 saturated heterocycles. The minimum Gasteiger partial charge on any atom is -0.481 e. The minimum atomic E-state index is -0.874. The summed E-state index contributed by atoms with van der Waals surface area (Å²) in [6, 6.07) is 5.51. The van der Waals surface area contributed by atoms with Crippen LogP contribution in [0.5, 0.6) is 0 Å². The highest BCUT2D eigenvalue weighted by molar-refractivity contribution is 5.69. The molecule has 1 aliphatic rings. The average molecular weight is 264 g/mol. The normalized spacial score (nSPS) is 17.3. The molecule has 3 N–H and O–H groups in total. The molecule has 0 radical (unpaired) electrons. The number of benzene rings is 1. The van der Waals surface area contributed by atoms with Crippen molar-refractivity contribution < 1.29 is 14.6 Å². The van der Waals surface area contributed by atoms with Crippen LogP contribution in [0.3, 0.4) is 0 Å². The van der Waals surface area contributed by atoms with E-state index in [4.69, 9.17) is 15.6 Å². The molecule has 104 valence electrons.